The van der Waals surface area contributed by atoms with E-state index in [0.29, 0.717) is 7.28 Å². The molecule has 0 aliphatic rings. The zero-order chi connectivity index (χ0) is 4.28. The number of hydrogen-bond acceptors (Lipinski definition) is 1. The minimum atomic E-state index is -0.273. The molecular formula is C2H4BClO. The van der Waals surface area contributed by atoms with Gasteiger partial charge in [0.2, 0.25) is 7.28 Å². The molecule has 0 aromatic carbocycles. The van der Waals surface area contributed by atoms with Crippen molar-refractivity contribution in [3.8, 4) is 0 Å². The zero-order valence-corrected chi connectivity index (χ0v) is 3.75. The lowest BCUT2D eigenvalue weighted by molar-refractivity contribution is 0.274. The van der Waals surface area contributed by atoms with Gasteiger partial charge in [0, 0.05) is 0 Å². The van der Waals surface area contributed by atoms with Crippen molar-refractivity contribution in [2.75, 3.05) is 0 Å². The van der Waals surface area contributed by atoms with Crippen molar-refractivity contribution < 1.29 is 4.79 Å². The zero-order valence-electron chi connectivity index (χ0n) is 2.99. The van der Waals surface area contributed by atoms with Gasteiger partial charge in [-0.15, -0.1) is 0 Å². The summed E-state index contributed by atoms with van der Waals surface area (Å²) in [5.74, 6) is 0. The standard InChI is InChI=1S/C2H4BClO/c1-3-2(4)5/h3H,1H3. The Morgan fingerprint density at radius 3 is 2.20 bits per heavy atom. The molecule has 0 unspecified atom stereocenters. The summed E-state index contributed by atoms with van der Waals surface area (Å²) in [6.07, 6.45) is 0. The van der Waals surface area contributed by atoms with Gasteiger partial charge < -0.3 is 0 Å². The number of carbonyl (C=O) groups is 1. The van der Waals surface area contributed by atoms with Crippen LogP contribution >= 0.6 is 11.6 Å². The van der Waals surface area contributed by atoms with Gasteiger partial charge in [-0.1, -0.05) is 18.4 Å². The summed E-state index contributed by atoms with van der Waals surface area (Å²) in [4.78, 5) is 9.58. The highest BCUT2D eigenvalue weighted by atomic mass is 35.5. The molecule has 0 saturated carbocycles. The molecule has 0 fully saturated rings. The van der Waals surface area contributed by atoms with E-state index in [1.54, 1.807) is 6.82 Å². The summed E-state index contributed by atoms with van der Waals surface area (Å²) in [5, 5.41) is -0.273. The van der Waals surface area contributed by atoms with Crippen LogP contribution in [0.25, 0.3) is 0 Å². The van der Waals surface area contributed by atoms with Gasteiger partial charge >= 0.3 is 0 Å². The smallest absolute Gasteiger partial charge is 0.223 e. The van der Waals surface area contributed by atoms with Gasteiger partial charge in [-0.05, 0) is 0 Å². The van der Waals surface area contributed by atoms with Crippen molar-refractivity contribution in [3.05, 3.63) is 0 Å². The number of hydrogen-bond donors (Lipinski definition) is 0. The van der Waals surface area contributed by atoms with E-state index in [9.17, 15) is 4.79 Å². The van der Waals surface area contributed by atoms with Crippen LogP contribution in [0.1, 0.15) is 0 Å². The SMILES string of the molecule is CBC(=O)Cl. The Hall–Kier alpha value is 0.0249. The molecule has 0 amide bonds. The van der Waals surface area contributed by atoms with Gasteiger partial charge in [-0.3, -0.25) is 4.79 Å². The summed E-state index contributed by atoms with van der Waals surface area (Å²) in [7, 11) is 0.432. The fraction of sp³-hybridized carbons (Fsp3) is 0.500. The Morgan fingerprint density at radius 1 is 2.00 bits per heavy atom. The minimum Gasteiger partial charge on any atom is -0.294 e. The summed E-state index contributed by atoms with van der Waals surface area (Å²) in [5.41, 5.74) is 0. The van der Waals surface area contributed by atoms with Gasteiger partial charge in [-0.25, -0.2) is 0 Å². The summed E-state index contributed by atoms with van der Waals surface area (Å²) in [6.45, 7) is 1.72. The number of carbonyl (C=O) groups excluding carboxylic acids is 1. The molecule has 0 aromatic heterocycles. The molecule has 5 heavy (non-hydrogen) atoms. The molecule has 0 atom stereocenters. The van der Waals surface area contributed by atoms with Crippen LogP contribution in [0.2, 0.25) is 6.82 Å². The van der Waals surface area contributed by atoms with Crippen molar-refractivity contribution in [3.63, 3.8) is 0 Å². The van der Waals surface area contributed by atoms with Gasteiger partial charge in [0.05, 0.1) is 0 Å². The first-order chi connectivity index (χ1) is 2.27. The molecule has 0 heterocycles. The average molecular weight is 90.3 g/mol. The predicted molar refractivity (Wildman–Crippen MR) is 24.3 cm³/mol. The van der Waals surface area contributed by atoms with E-state index in [2.05, 4.69) is 0 Å². The average Bonchev–Trinajstić information content (AvgIpc) is 1.38. The molecule has 28 valence electrons. The van der Waals surface area contributed by atoms with Crippen LogP contribution in [0.5, 0.6) is 0 Å². The van der Waals surface area contributed by atoms with E-state index < -0.39 is 0 Å². The van der Waals surface area contributed by atoms with Crippen LogP contribution in [0.3, 0.4) is 0 Å². The van der Waals surface area contributed by atoms with Crippen LogP contribution in [-0.2, 0) is 0 Å². The molecule has 0 N–H and O–H groups in total. The third-order valence-corrected chi connectivity index (χ3v) is 0.545. The van der Waals surface area contributed by atoms with E-state index in [0.717, 1.165) is 0 Å². The van der Waals surface area contributed by atoms with Crippen LogP contribution in [0, 0.1) is 0 Å². The second-order valence-electron chi connectivity index (χ2n) is 0.709. The van der Waals surface area contributed by atoms with Gasteiger partial charge in [0.1, 0.15) is 0 Å². The Balaban J connectivity index is 2.85. The van der Waals surface area contributed by atoms with E-state index >= 15 is 0 Å². The molecule has 1 nitrogen and oxygen atoms in total. The summed E-state index contributed by atoms with van der Waals surface area (Å²) < 4.78 is 0. The van der Waals surface area contributed by atoms with E-state index in [4.69, 9.17) is 11.6 Å². The third-order valence-electron chi connectivity index (χ3n) is 0.278. The topological polar surface area (TPSA) is 17.1 Å². The Bertz CT molecular complexity index is 44.9. The molecule has 0 aliphatic carbocycles. The fourth-order valence-electron chi connectivity index (χ4n) is 0. The lowest BCUT2D eigenvalue weighted by Gasteiger charge is -1.64. The van der Waals surface area contributed by atoms with Crippen LogP contribution in [-0.4, -0.2) is 12.4 Å². The predicted octanol–water partition coefficient (Wildman–Crippen LogP) is 0.830. The lowest BCUT2D eigenvalue weighted by atomic mass is 9.86. The Labute approximate surface area is 36.6 Å². The van der Waals surface area contributed by atoms with Crippen molar-refractivity contribution >= 4 is 24.0 Å². The molecule has 0 aliphatic heterocycles. The molecule has 0 saturated heterocycles. The molecule has 0 bridgehead atoms. The van der Waals surface area contributed by atoms with E-state index in [1.807, 2.05) is 0 Å². The molecule has 3 heteroatoms. The first-order valence-corrected chi connectivity index (χ1v) is 1.83. The van der Waals surface area contributed by atoms with Crippen molar-refractivity contribution in [2.45, 2.75) is 6.82 Å². The van der Waals surface area contributed by atoms with E-state index in [1.165, 1.54) is 0 Å². The van der Waals surface area contributed by atoms with Crippen LogP contribution < -0.4 is 0 Å². The number of halogens is 1. The van der Waals surface area contributed by atoms with Crippen molar-refractivity contribution in [1.82, 2.24) is 0 Å². The third kappa shape index (κ3) is 4.02. The molecule has 0 spiro atoms. The quantitative estimate of drug-likeness (QED) is 0.344. The van der Waals surface area contributed by atoms with Crippen molar-refractivity contribution in [1.29, 1.82) is 0 Å². The van der Waals surface area contributed by atoms with Crippen LogP contribution in [0.15, 0.2) is 0 Å². The first kappa shape index (κ1) is 5.02. The highest BCUT2D eigenvalue weighted by Crippen LogP contribution is 1.75. The maximum Gasteiger partial charge on any atom is 0.223 e. The van der Waals surface area contributed by atoms with Crippen LogP contribution in [0.4, 0.5) is 4.79 Å². The maximum absolute atomic E-state index is 9.58. The normalized spacial score (nSPS) is 6.80. The largest absolute Gasteiger partial charge is 0.294 e. The molecule has 0 aromatic rings. The highest BCUT2D eigenvalue weighted by molar-refractivity contribution is 6.98. The maximum atomic E-state index is 9.58. The van der Waals surface area contributed by atoms with Gasteiger partial charge in [0.25, 0.3) is 0 Å². The van der Waals surface area contributed by atoms with Gasteiger partial charge in [-0.2, -0.15) is 0 Å². The number of rotatable bonds is 1. The highest BCUT2D eigenvalue weighted by Gasteiger charge is 1.84. The van der Waals surface area contributed by atoms with Crippen molar-refractivity contribution in [2.24, 2.45) is 0 Å². The molecular weight excluding hydrogens is 86.3 g/mol. The lowest BCUT2D eigenvalue weighted by Crippen LogP contribution is -1.87. The fourth-order valence-corrected chi connectivity index (χ4v) is 0. The van der Waals surface area contributed by atoms with E-state index in [-0.39, 0.29) is 5.14 Å². The molecule has 0 radical (unpaired) electrons. The molecule has 0 rings (SSSR count). The monoisotopic (exact) mass is 90.0 g/mol. The second kappa shape index (κ2) is 2.27. The first-order valence-electron chi connectivity index (χ1n) is 1.45. The summed E-state index contributed by atoms with van der Waals surface area (Å²) in [6, 6.07) is 0. The minimum absolute atomic E-state index is 0.273. The van der Waals surface area contributed by atoms with Gasteiger partial charge in [0.15, 0.2) is 5.14 Å². The summed E-state index contributed by atoms with van der Waals surface area (Å²) >= 11 is 4.82. The second-order valence-corrected chi connectivity index (χ2v) is 1.13. The Kier molecular flexibility index (Phi) is 2.28. The Morgan fingerprint density at radius 2 is 2.20 bits per heavy atom.